The fraction of sp³-hybridized carbons (Fsp3) is 0.933. The molecule has 3 heterocycles. The Morgan fingerprint density at radius 1 is 0.913 bits per heavy atom. The van der Waals surface area contributed by atoms with Crippen molar-refractivity contribution >= 4 is 17.7 Å². The Labute approximate surface area is 157 Å². The molecule has 0 aliphatic carbocycles. The van der Waals surface area contributed by atoms with Crippen LogP contribution in [0.2, 0.25) is 0 Å². The Hall–Kier alpha value is 0.220. The van der Waals surface area contributed by atoms with Crippen molar-refractivity contribution < 1.29 is 38.6 Å². The average molecular weight is 388 g/mol. The first-order valence-electron chi connectivity index (χ1n) is 8.04. The van der Waals surface area contributed by atoms with Crippen LogP contribution in [-0.4, -0.2) is 84.9 Å². The lowest BCUT2D eigenvalue weighted by Gasteiger charge is -2.48. The number of hydrogen-bond acceptors (Lipinski definition) is 2. The Morgan fingerprint density at radius 3 is 1.74 bits per heavy atom. The van der Waals surface area contributed by atoms with Gasteiger partial charge in [0.15, 0.2) is 0 Å². The Bertz CT molecular complexity index is 450. The molecule has 0 atom stereocenters. The van der Waals surface area contributed by atoms with Crippen LogP contribution in [0.4, 0.5) is 0 Å². The maximum atomic E-state index is 12.8. The number of nitrogens with zero attached hydrogens (tertiary/aromatic N) is 3. The number of nitrogens with one attached hydrogen (secondary N) is 1. The molecular weight excluding hydrogens is 359 g/mol. The second-order valence-corrected chi connectivity index (χ2v) is 8.90. The van der Waals surface area contributed by atoms with Crippen LogP contribution < -0.4 is 30.1 Å². The van der Waals surface area contributed by atoms with Gasteiger partial charge in [-0.25, -0.2) is 0 Å². The molecule has 136 valence electrons. The lowest BCUT2D eigenvalue weighted by Crippen LogP contribution is -3.00. The van der Waals surface area contributed by atoms with Crippen LogP contribution in [0.1, 0.15) is 25.7 Å². The van der Waals surface area contributed by atoms with Crippen LogP contribution >= 0.6 is 11.8 Å². The molecule has 0 aromatic carbocycles. The first-order valence-corrected chi connectivity index (χ1v) is 8.38. The Kier molecular flexibility index (Phi) is 6.01. The molecule has 3 rings (SSSR count). The van der Waals surface area contributed by atoms with Crippen molar-refractivity contribution in [3.8, 4) is 0 Å². The van der Waals surface area contributed by atoms with E-state index in [1.165, 1.54) is 0 Å². The van der Waals surface area contributed by atoms with Gasteiger partial charge in [-0.3, -0.25) is 4.79 Å². The number of rotatable bonds is 0. The quantitative estimate of drug-likeness (QED) is 0.333. The third kappa shape index (κ3) is 3.46. The van der Waals surface area contributed by atoms with Crippen molar-refractivity contribution in [2.24, 2.45) is 0 Å². The summed E-state index contributed by atoms with van der Waals surface area (Å²) in [6.45, 7) is 4.13. The second kappa shape index (κ2) is 6.50. The minimum Gasteiger partial charge on any atom is -1.00 e. The molecule has 23 heavy (non-hydrogen) atoms. The van der Waals surface area contributed by atoms with Gasteiger partial charge in [-0.15, -0.1) is 0 Å². The monoisotopic (exact) mass is 386 g/mol. The summed E-state index contributed by atoms with van der Waals surface area (Å²) in [6, 6.07) is 0. The molecule has 1 N–H and O–H groups in total. The third-order valence-corrected chi connectivity index (χ3v) is 6.69. The van der Waals surface area contributed by atoms with Crippen LogP contribution in [0.5, 0.6) is 0 Å². The third-order valence-electron chi connectivity index (χ3n) is 6.04. The lowest BCUT2D eigenvalue weighted by molar-refractivity contribution is -0.898. The molecule has 0 saturated carbocycles. The van der Waals surface area contributed by atoms with Crippen molar-refractivity contribution in [3.05, 3.63) is 0 Å². The summed E-state index contributed by atoms with van der Waals surface area (Å²) in [7, 11) is 8.96. The number of piperidine rings is 2. The first-order chi connectivity index (χ1) is 9.61. The highest BCUT2D eigenvalue weighted by Gasteiger charge is 2.63. The summed E-state index contributed by atoms with van der Waals surface area (Å²) < 4.78 is 3.90. The van der Waals surface area contributed by atoms with Crippen LogP contribution in [-0.2, 0) is 4.79 Å². The highest BCUT2D eigenvalue weighted by atomic mass is 35.5. The normalized spacial score (nSPS) is 30.4. The molecule has 2 spiro atoms. The van der Waals surface area contributed by atoms with E-state index in [9.17, 15) is 4.79 Å². The van der Waals surface area contributed by atoms with E-state index < -0.39 is 5.54 Å². The highest BCUT2D eigenvalue weighted by Crippen LogP contribution is 2.45. The van der Waals surface area contributed by atoms with Crippen LogP contribution in [0, 0.1) is 0 Å². The molecule has 5 nitrogen and oxygen atoms in total. The van der Waals surface area contributed by atoms with Gasteiger partial charge in [-0.05, 0) is 11.8 Å². The molecule has 3 aliphatic heterocycles. The predicted octanol–water partition coefficient (Wildman–Crippen LogP) is -5.24. The van der Waals surface area contributed by atoms with Gasteiger partial charge in [0.05, 0.1) is 54.4 Å². The molecule has 0 aromatic heterocycles. The number of quaternary nitrogens is 2. The zero-order chi connectivity index (χ0) is 15.5. The van der Waals surface area contributed by atoms with E-state index in [1.54, 1.807) is 0 Å². The summed E-state index contributed by atoms with van der Waals surface area (Å²) >= 11 is 6.80. The molecule has 0 bridgehead atoms. The van der Waals surface area contributed by atoms with Gasteiger partial charge >= 0.3 is 0 Å². The summed E-state index contributed by atoms with van der Waals surface area (Å²) in [6.07, 6.45) is 3.59. The zero-order valence-electron chi connectivity index (χ0n) is 14.5. The molecule has 1 amide bonds. The number of halogens is 3. The van der Waals surface area contributed by atoms with Gasteiger partial charge in [0.25, 0.3) is 0 Å². The highest BCUT2D eigenvalue weighted by molar-refractivity contribution is 6.17. The molecule has 0 aromatic rings. The molecule has 8 heteroatoms. The fourth-order valence-corrected chi connectivity index (χ4v) is 4.50. The van der Waals surface area contributed by atoms with E-state index in [0.29, 0.717) is 0 Å². The van der Waals surface area contributed by atoms with Gasteiger partial charge in [0.1, 0.15) is 11.2 Å². The summed E-state index contributed by atoms with van der Waals surface area (Å²) in [4.78, 5) is 12.8. The van der Waals surface area contributed by atoms with Crippen molar-refractivity contribution in [1.82, 2.24) is 9.74 Å². The van der Waals surface area contributed by atoms with Crippen LogP contribution in [0.25, 0.3) is 0 Å². The second-order valence-electron chi connectivity index (χ2n) is 8.56. The zero-order valence-corrected chi connectivity index (χ0v) is 16.8. The number of amides is 1. The van der Waals surface area contributed by atoms with Gasteiger partial charge in [-0.1, -0.05) is 0 Å². The van der Waals surface area contributed by atoms with Crippen molar-refractivity contribution in [2.75, 3.05) is 54.4 Å². The van der Waals surface area contributed by atoms with Gasteiger partial charge < -0.3 is 39.1 Å². The fourth-order valence-electron chi connectivity index (χ4n) is 4.04. The average Bonchev–Trinajstić information content (AvgIpc) is 2.60. The maximum absolute atomic E-state index is 12.8. The Balaban J connectivity index is 0.00000132. The molecule has 3 saturated heterocycles. The largest absolute Gasteiger partial charge is 1.00 e. The van der Waals surface area contributed by atoms with Gasteiger partial charge in [-0.2, -0.15) is 4.42 Å². The number of hydrogen-bond donors (Lipinski definition) is 1. The van der Waals surface area contributed by atoms with E-state index in [2.05, 4.69) is 33.5 Å². The summed E-state index contributed by atoms with van der Waals surface area (Å²) in [5.41, 5.74) is -0.801. The molecular formula is C15H29Cl3N4O. The smallest absolute Gasteiger partial charge is 0.243 e. The van der Waals surface area contributed by atoms with E-state index in [0.717, 1.165) is 60.8 Å². The van der Waals surface area contributed by atoms with E-state index in [1.807, 2.05) is 4.42 Å². The van der Waals surface area contributed by atoms with Crippen molar-refractivity contribution in [3.63, 3.8) is 0 Å². The number of carbonyl (C=O) groups excluding carboxylic acids is 1. The molecule has 3 aliphatic rings. The minimum atomic E-state index is -0.482. The Morgan fingerprint density at radius 2 is 1.30 bits per heavy atom. The SMILES string of the molecule is C[N+]1(C)CCC2(CC1)NC(=O)C1(CC[N+](C)(C)CC1)N2Cl.[Cl-].[Cl-]. The van der Waals surface area contributed by atoms with Crippen molar-refractivity contribution in [1.29, 1.82) is 0 Å². The van der Waals surface area contributed by atoms with E-state index in [4.69, 9.17) is 11.8 Å². The maximum Gasteiger partial charge on any atom is 0.243 e. The summed E-state index contributed by atoms with van der Waals surface area (Å²) in [5.74, 6) is 0.157. The molecule has 0 radical (unpaired) electrons. The first kappa shape index (κ1) is 21.3. The number of carbonyl (C=O) groups is 1. The van der Waals surface area contributed by atoms with Crippen LogP contribution in [0.15, 0.2) is 0 Å². The molecule has 3 fully saturated rings. The molecule has 0 unspecified atom stereocenters. The van der Waals surface area contributed by atoms with E-state index >= 15 is 0 Å². The summed E-state index contributed by atoms with van der Waals surface area (Å²) in [5, 5.41) is 3.28. The van der Waals surface area contributed by atoms with Crippen LogP contribution in [0.3, 0.4) is 0 Å². The van der Waals surface area contributed by atoms with E-state index in [-0.39, 0.29) is 36.4 Å². The minimum absolute atomic E-state index is 0. The van der Waals surface area contributed by atoms with Gasteiger partial charge in [0, 0.05) is 25.7 Å². The number of likely N-dealkylation sites (tertiary alicyclic amines) is 2. The topological polar surface area (TPSA) is 32.3 Å². The van der Waals surface area contributed by atoms with Crippen molar-refractivity contribution in [2.45, 2.75) is 36.9 Å². The lowest BCUT2D eigenvalue weighted by atomic mass is 9.86. The predicted molar refractivity (Wildman–Crippen MR) is 83.4 cm³/mol. The van der Waals surface area contributed by atoms with Gasteiger partial charge in [0.2, 0.25) is 5.91 Å². The standard InChI is InChI=1S/C15H28ClN4O.2ClH/c1-19(2)9-5-14(6-10-19)13(21)17-15(18(14)16)7-11-20(3,4)12-8-15;;/h5-12H2,1-4H3;2*1H/q+1;;/p-1.